The number of benzene rings is 1. The summed E-state index contributed by atoms with van der Waals surface area (Å²) in [6.45, 7) is 6.78. The van der Waals surface area contributed by atoms with E-state index in [0.29, 0.717) is 5.56 Å². The van der Waals surface area contributed by atoms with Gasteiger partial charge in [0.05, 0.1) is 6.04 Å². The summed E-state index contributed by atoms with van der Waals surface area (Å²) in [5.41, 5.74) is 1.78. The molecule has 0 saturated heterocycles. The van der Waals surface area contributed by atoms with Crippen molar-refractivity contribution in [2.75, 3.05) is 6.54 Å². The summed E-state index contributed by atoms with van der Waals surface area (Å²) in [7, 11) is 0. The highest BCUT2D eigenvalue weighted by molar-refractivity contribution is 7.12. The fraction of sp³-hybridized carbons (Fsp3) is 0.333. The maximum absolute atomic E-state index is 13.4. The Morgan fingerprint density at radius 3 is 2.21 bits per heavy atom. The summed E-state index contributed by atoms with van der Waals surface area (Å²) in [6, 6.07) is 5.63. The van der Waals surface area contributed by atoms with Gasteiger partial charge in [0.2, 0.25) is 0 Å². The van der Waals surface area contributed by atoms with Gasteiger partial charge in [0, 0.05) is 15.8 Å². The quantitative estimate of drug-likeness (QED) is 0.879. The van der Waals surface area contributed by atoms with Crippen LogP contribution in [0.1, 0.15) is 33.8 Å². The van der Waals surface area contributed by atoms with Gasteiger partial charge < -0.3 is 5.32 Å². The second-order valence-electron chi connectivity index (χ2n) is 4.60. The molecule has 0 bridgehead atoms. The number of aryl methyl sites for hydroxylation is 2. The van der Waals surface area contributed by atoms with E-state index in [-0.39, 0.29) is 6.04 Å². The smallest absolute Gasteiger partial charge is 0.126 e. The lowest BCUT2D eigenvalue weighted by molar-refractivity contribution is 0.566. The minimum absolute atomic E-state index is 0.158. The Labute approximate surface area is 116 Å². The van der Waals surface area contributed by atoms with Crippen LogP contribution in [-0.4, -0.2) is 6.54 Å². The summed E-state index contributed by atoms with van der Waals surface area (Å²) >= 11 is 1.66. The first kappa shape index (κ1) is 14.2. The third-order valence-electron chi connectivity index (χ3n) is 2.97. The van der Waals surface area contributed by atoms with Crippen molar-refractivity contribution in [1.29, 1.82) is 0 Å². The summed E-state index contributed by atoms with van der Waals surface area (Å²) < 4.78 is 26.8. The highest BCUT2D eigenvalue weighted by atomic mass is 32.1. The van der Waals surface area contributed by atoms with Crippen LogP contribution >= 0.6 is 11.3 Å². The van der Waals surface area contributed by atoms with E-state index in [0.717, 1.165) is 23.1 Å². The van der Waals surface area contributed by atoms with Gasteiger partial charge in [-0.05, 0) is 49.7 Å². The van der Waals surface area contributed by atoms with Crippen molar-refractivity contribution >= 4 is 11.3 Å². The molecule has 0 aliphatic carbocycles. The molecule has 19 heavy (non-hydrogen) atoms. The summed E-state index contributed by atoms with van der Waals surface area (Å²) in [6.07, 6.45) is 0. The normalized spacial score (nSPS) is 12.7. The number of thiophene rings is 1. The zero-order valence-corrected chi connectivity index (χ0v) is 12.1. The molecule has 1 nitrogen and oxygen atoms in total. The fourth-order valence-corrected chi connectivity index (χ4v) is 3.39. The Balaban J connectivity index is 2.47. The molecule has 4 heteroatoms. The molecule has 0 amide bonds. The molecular weight excluding hydrogens is 264 g/mol. The second kappa shape index (κ2) is 5.80. The first-order valence-corrected chi connectivity index (χ1v) is 7.09. The van der Waals surface area contributed by atoms with E-state index < -0.39 is 11.6 Å². The Kier molecular flexibility index (Phi) is 4.32. The van der Waals surface area contributed by atoms with Gasteiger partial charge in [-0.2, -0.15) is 0 Å². The number of hydrogen-bond donors (Lipinski definition) is 1. The van der Waals surface area contributed by atoms with Crippen molar-refractivity contribution in [3.63, 3.8) is 0 Å². The Morgan fingerprint density at radius 1 is 1.11 bits per heavy atom. The molecule has 1 atom stereocenters. The van der Waals surface area contributed by atoms with Gasteiger partial charge in [0.15, 0.2) is 0 Å². The molecule has 2 rings (SSSR count). The third-order valence-corrected chi connectivity index (χ3v) is 4.19. The Bertz CT molecular complexity index is 557. The van der Waals surface area contributed by atoms with Crippen LogP contribution < -0.4 is 5.32 Å². The average Bonchev–Trinajstić information content (AvgIpc) is 2.64. The monoisotopic (exact) mass is 281 g/mol. The lowest BCUT2D eigenvalue weighted by Gasteiger charge is -2.18. The second-order valence-corrected chi connectivity index (χ2v) is 5.89. The number of nitrogens with one attached hydrogen (secondary N) is 1. The molecule has 1 aromatic heterocycles. The maximum atomic E-state index is 13.4. The molecule has 0 aliphatic heterocycles. The van der Waals surface area contributed by atoms with Crippen molar-refractivity contribution in [2.24, 2.45) is 0 Å². The first-order chi connectivity index (χ1) is 9.01. The number of halogens is 2. The molecule has 0 radical (unpaired) electrons. The molecule has 1 heterocycles. The van der Waals surface area contributed by atoms with Crippen LogP contribution in [0.3, 0.4) is 0 Å². The predicted octanol–water partition coefficient (Wildman–Crippen LogP) is 4.34. The van der Waals surface area contributed by atoms with E-state index in [1.165, 1.54) is 17.0 Å². The molecule has 2 aromatic rings. The van der Waals surface area contributed by atoms with Crippen molar-refractivity contribution in [2.45, 2.75) is 26.8 Å². The zero-order chi connectivity index (χ0) is 14.0. The molecular formula is C15H17F2NS. The SMILES string of the molecule is CCNC(c1cc(F)cc(F)c1)c1sc(C)cc1C. The van der Waals surface area contributed by atoms with Crippen LogP contribution in [0, 0.1) is 25.5 Å². The molecule has 1 N–H and O–H groups in total. The third kappa shape index (κ3) is 3.19. The molecule has 1 aromatic carbocycles. The van der Waals surface area contributed by atoms with Crippen molar-refractivity contribution < 1.29 is 8.78 Å². The van der Waals surface area contributed by atoms with Gasteiger partial charge >= 0.3 is 0 Å². The summed E-state index contributed by atoms with van der Waals surface area (Å²) in [5, 5.41) is 3.30. The Morgan fingerprint density at radius 2 is 1.74 bits per heavy atom. The minimum Gasteiger partial charge on any atom is -0.306 e. The van der Waals surface area contributed by atoms with Gasteiger partial charge in [-0.1, -0.05) is 6.92 Å². The lowest BCUT2D eigenvalue weighted by Crippen LogP contribution is -2.22. The van der Waals surface area contributed by atoms with Gasteiger partial charge in [-0.3, -0.25) is 0 Å². The van der Waals surface area contributed by atoms with Crippen LogP contribution in [0.4, 0.5) is 8.78 Å². The van der Waals surface area contributed by atoms with E-state index in [1.54, 1.807) is 11.3 Å². The zero-order valence-electron chi connectivity index (χ0n) is 11.3. The minimum atomic E-state index is -0.538. The van der Waals surface area contributed by atoms with Gasteiger partial charge in [0.1, 0.15) is 11.6 Å². The molecule has 102 valence electrons. The maximum Gasteiger partial charge on any atom is 0.126 e. The van der Waals surface area contributed by atoms with E-state index in [9.17, 15) is 8.78 Å². The topological polar surface area (TPSA) is 12.0 Å². The summed E-state index contributed by atoms with van der Waals surface area (Å²) in [5.74, 6) is -1.08. The van der Waals surface area contributed by atoms with Crippen LogP contribution in [0.15, 0.2) is 24.3 Å². The van der Waals surface area contributed by atoms with E-state index in [2.05, 4.69) is 11.4 Å². The average molecular weight is 281 g/mol. The predicted molar refractivity (Wildman–Crippen MR) is 75.7 cm³/mol. The van der Waals surface area contributed by atoms with Crippen LogP contribution in [-0.2, 0) is 0 Å². The van der Waals surface area contributed by atoms with Crippen LogP contribution in [0.25, 0.3) is 0 Å². The molecule has 0 aliphatic rings. The Hall–Kier alpha value is -1.26. The molecule has 0 fully saturated rings. The standard InChI is InChI=1S/C15H17F2NS/c1-4-18-14(15-9(2)5-10(3)19-15)11-6-12(16)8-13(17)7-11/h5-8,14,18H,4H2,1-3H3. The van der Waals surface area contributed by atoms with E-state index in [4.69, 9.17) is 0 Å². The van der Waals surface area contributed by atoms with E-state index in [1.807, 2.05) is 20.8 Å². The summed E-state index contributed by atoms with van der Waals surface area (Å²) in [4.78, 5) is 2.32. The highest BCUT2D eigenvalue weighted by Crippen LogP contribution is 2.32. The van der Waals surface area contributed by atoms with Gasteiger partial charge in [0.25, 0.3) is 0 Å². The van der Waals surface area contributed by atoms with E-state index >= 15 is 0 Å². The van der Waals surface area contributed by atoms with Gasteiger partial charge in [-0.15, -0.1) is 11.3 Å². The van der Waals surface area contributed by atoms with Crippen molar-refractivity contribution in [3.05, 3.63) is 56.8 Å². The highest BCUT2D eigenvalue weighted by Gasteiger charge is 2.19. The van der Waals surface area contributed by atoms with Crippen LogP contribution in [0.5, 0.6) is 0 Å². The molecule has 0 spiro atoms. The van der Waals surface area contributed by atoms with Crippen LogP contribution in [0.2, 0.25) is 0 Å². The van der Waals surface area contributed by atoms with Gasteiger partial charge in [-0.25, -0.2) is 8.78 Å². The van der Waals surface area contributed by atoms with Crippen molar-refractivity contribution in [1.82, 2.24) is 5.32 Å². The number of hydrogen-bond acceptors (Lipinski definition) is 2. The van der Waals surface area contributed by atoms with Crippen molar-refractivity contribution in [3.8, 4) is 0 Å². The molecule has 1 unspecified atom stereocenters. The number of rotatable bonds is 4. The lowest BCUT2D eigenvalue weighted by atomic mass is 10.0. The first-order valence-electron chi connectivity index (χ1n) is 6.27. The largest absolute Gasteiger partial charge is 0.306 e. The molecule has 0 saturated carbocycles. The fourth-order valence-electron chi connectivity index (χ4n) is 2.25.